The van der Waals surface area contributed by atoms with Gasteiger partial charge in [-0.2, -0.15) is 5.10 Å². The van der Waals surface area contributed by atoms with E-state index in [9.17, 15) is 4.79 Å². The van der Waals surface area contributed by atoms with Crippen LogP contribution in [-0.4, -0.2) is 77.8 Å². The zero-order chi connectivity index (χ0) is 22.5. The van der Waals surface area contributed by atoms with Crippen LogP contribution < -0.4 is 15.6 Å². The predicted octanol–water partition coefficient (Wildman–Crippen LogP) is 2.69. The predicted molar refractivity (Wildman–Crippen MR) is 129 cm³/mol. The molecule has 9 nitrogen and oxygen atoms in total. The number of amides is 2. The Hall–Kier alpha value is -3.07. The number of rotatable bonds is 7. The molecule has 3 N–H and O–H groups in total. The van der Waals surface area contributed by atoms with Gasteiger partial charge in [-0.15, -0.1) is 0 Å². The highest BCUT2D eigenvalue weighted by Crippen LogP contribution is 2.23. The highest BCUT2D eigenvalue weighted by atomic mass is 16.2. The van der Waals surface area contributed by atoms with Gasteiger partial charge in [-0.25, -0.2) is 9.78 Å². The van der Waals surface area contributed by atoms with Crippen LogP contribution in [0.15, 0.2) is 35.2 Å². The fourth-order valence-electron chi connectivity index (χ4n) is 4.14. The second-order valence-electron chi connectivity index (χ2n) is 8.53. The van der Waals surface area contributed by atoms with Crippen LogP contribution in [0, 0.1) is 0 Å². The minimum Gasteiger partial charge on any atom is -0.369 e. The van der Waals surface area contributed by atoms with Gasteiger partial charge in [0.1, 0.15) is 5.71 Å². The van der Waals surface area contributed by atoms with Crippen molar-refractivity contribution in [3.63, 3.8) is 0 Å². The fraction of sp³-hybridized carbons (Fsp3) is 0.522. The van der Waals surface area contributed by atoms with E-state index in [1.165, 1.54) is 5.69 Å². The minimum absolute atomic E-state index is 0.0653. The second-order valence-corrected chi connectivity index (χ2v) is 8.53. The molecule has 0 atom stereocenters. The van der Waals surface area contributed by atoms with E-state index in [-0.39, 0.29) is 6.03 Å². The first kappa shape index (κ1) is 22.1. The highest BCUT2D eigenvalue weighted by molar-refractivity contribution is 6.02. The van der Waals surface area contributed by atoms with Gasteiger partial charge in [0.2, 0.25) is 0 Å². The van der Waals surface area contributed by atoms with Gasteiger partial charge < -0.3 is 25.0 Å². The number of nitrogens with one attached hydrogen (secondary N) is 3. The summed E-state index contributed by atoms with van der Waals surface area (Å²) in [7, 11) is 2.16. The van der Waals surface area contributed by atoms with Crippen molar-refractivity contribution in [2.45, 2.75) is 33.1 Å². The molecule has 1 aromatic carbocycles. The van der Waals surface area contributed by atoms with Gasteiger partial charge in [-0.1, -0.05) is 13.8 Å². The number of fused-ring (bicyclic) bond motifs is 1. The maximum atomic E-state index is 12.7. The third-order valence-corrected chi connectivity index (χ3v) is 5.95. The van der Waals surface area contributed by atoms with Crippen LogP contribution in [0.5, 0.6) is 0 Å². The molecule has 32 heavy (non-hydrogen) atoms. The third kappa shape index (κ3) is 5.04. The lowest BCUT2D eigenvalue weighted by Crippen LogP contribution is -2.44. The first-order valence-electron chi connectivity index (χ1n) is 11.6. The number of hydrazone groups is 1. The Balaban J connectivity index is 1.44. The lowest BCUT2D eigenvalue weighted by Gasteiger charge is -2.34. The molecule has 0 spiro atoms. The molecule has 172 valence electrons. The van der Waals surface area contributed by atoms with Crippen LogP contribution in [0.1, 0.15) is 38.9 Å². The number of carbonyl (C=O) groups excluding carboxylic acids is 1. The van der Waals surface area contributed by atoms with E-state index >= 15 is 0 Å². The fourth-order valence-corrected chi connectivity index (χ4v) is 4.14. The summed E-state index contributed by atoms with van der Waals surface area (Å²) in [5, 5.41) is 7.44. The van der Waals surface area contributed by atoms with Crippen molar-refractivity contribution in [1.82, 2.24) is 30.5 Å². The molecule has 0 saturated carbocycles. The number of H-pyrrole nitrogens is 1. The molecule has 9 heteroatoms. The molecular weight excluding hydrogens is 404 g/mol. The molecule has 3 heterocycles. The molecule has 2 amide bonds. The maximum Gasteiger partial charge on any atom is 0.321 e. The molecular formula is C23H34N8O. The molecule has 4 rings (SSSR count). The molecule has 0 aliphatic carbocycles. The topological polar surface area (TPSA) is 91.9 Å². The molecule has 0 bridgehead atoms. The molecule has 1 fully saturated rings. The Labute approximate surface area is 189 Å². The van der Waals surface area contributed by atoms with Crippen molar-refractivity contribution >= 4 is 28.5 Å². The highest BCUT2D eigenvalue weighted by Gasteiger charge is 2.20. The van der Waals surface area contributed by atoms with E-state index in [0.29, 0.717) is 6.42 Å². The summed E-state index contributed by atoms with van der Waals surface area (Å²) >= 11 is 0. The number of aromatic amines is 1. The van der Waals surface area contributed by atoms with Crippen molar-refractivity contribution in [2.24, 2.45) is 5.10 Å². The molecule has 1 saturated heterocycles. The summed E-state index contributed by atoms with van der Waals surface area (Å²) in [5.74, 6) is 0.724. The Morgan fingerprint density at radius 1 is 1.16 bits per heavy atom. The van der Waals surface area contributed by atoms with Gasteiger partial charge in [-0.05, 0) is 38.1 Å². The van der Waals surface area contributed by atoms with Crippen LogP contribution in [0.3, 0.4) is 0 Å². The number of hydrogen-bond donors (Lipinski definition) is 3. The average Bonchev–Trinajstić information content (AvgIpc) is 3.23. The largest absolute Gasteiger partial charge is 0.369 e. The van der Waals surface area contributed by atoms with Gasteiger partial charge in [0.15, 0.2) is 5.82 Å². The number of imidazole rings is 1. The summed E-state index contributed by atoms with van der Waals surface area (Å²) < 4.78 is 0. The van der Waals surface area contributed by atoms with Gasteiger partial charge in [0.05, 0.1) is 11.0 Å². The Bertz CT molecular complexity index is 997. The van der Waals surface area contributed by atoms with Gasteiger partial charge in [0, 0.05) is 63.3 Å². The van der Waals surface area contributed by atoms with Crippen molar-refractivity contribution in [3.05, 3.63) is 35.9 Å². The summed E-state index contributed by atoms with van der Waals surface area (Å²) in [6.07, 6.45) is 4.13. The zero-order valence-corrected chi connectivity index (χ0v) is 19.3. The number of aromatic nitrogens is 2. The number of anilines is 1. The summed E-state index contributed by atoms with van der Waals surface area (Å²) in [4.78, 5) is 27.4. The van der Waals surface area contributed by atoms with E-state index in [1.54, 1.807) is 6.20 Å². The molecule has 2 aliphatic heterocycles. The van der Waals surface area contributed by atoms with Crippen LogP contribution in [-0.2, 0) is 0 Å². The van der Waals surface area contributed by atoms with E-state index in [1.807, 2.05) is 4.90 Å². The Morgan fingerprint density at radius 2 is 1.91 bits per heavy atom. The number of allylic oxidation sites excluding steroid dienone is 1. The minimum atomic E-state index is -0.0653. The quantitative estimate of drug-likeness (QED) is 0.618. The van der Waals surface area contributed by atoms with E-state index in [0.717, 1.165) is 80.4 Å². The van der Waals surface area contributed by atoms with Crippen molar-refractivity contribution in [1.29, 1.82) is 0 Å². The van der Waals surface area contributed by atoms with Crippen molar-refractivity contribution in [3.8, 4) is 0 Å². The van der Waals surface area contributed by atoms with Gasteiger partial charge >= 0.3 is 6.03 Å². The van der Waals surface area contributed by atoms with Crippen LogP contribution >= 0.6 is 0 Å². The number of benzene rings is 1. The van der Waals surface area contributed by atoms with Crippen LogP contribution in [0.4, 0.5) is 10.5 Å². The monoisotopic (exact) mass is 438 g/mol. The third-order valence-electron chi connectivity index (χ3n) is 5.95. The first-order chi connectivity index (χ1) is 15.6. The number of hydrogen-bond acceptors (Lipinski definition) is 6. The second kappa shape index (κ2) is 10.0. The van der Waals surface area contributed by atoms with Gasteiger partial charge in [0.25, 0.3) is 0 Å². The van der Waals surface area contributed by atoms with E-state index in [4.69, 9.17) is 4.98 Å². The summed E-state index contributed by atoms with van der Waals surface area (Å²) in [6.45, 7) is 9.87. The van der Waals surface area contributed by atoms with E-state index in [2.05, 4.69) is 69.7 Å². The lowest BCUT2D eigenvalue weighted by atomic mass is 10.2. The normalized spacial score (nSPS) is 17.0. The molecule has 2 aromatic rings. The number of urea groups is 1. The number of likely N-dealkylation sites (N-methyl/N-ethyl adjacent to an activating group) is 1. The molecule has 1 aromatic heterocycles. The smallest absolute Gasteiger partial charge is 0.321 e. The first-order valence-corrected chi connectivity index (χ1v) is 11.6. The summed E-state index contributed by atoms with van der Waals surface area (Å²) in [5.41, 5.74) is 7.61. The zero-order valence-electron chi connectivity index (χ0n) is 19.3. The maximum absolute atomic E-state index is 12.7. The van der Waals surface area contributed by atoms with Crippen LogP contribution in [0.25, 0.3) is 11.0 Å². The summed E-state index contributed by atoms with van der Waals surface area (Å²) in [6, 6.07) is 6.30. The Kier molecular flexibility index (Phi) is 6.94. The average molecular weight is 439 g/mol. The molecule has 2 aliphatic rings. The number of carbonyl (C=O) groups is 1. The van der Waals surface area contributed by atoms with Crippen LogP contribution in [0.2, 0.25) is 0 Å². The SMILES string of the molecule is CCCN(CCC)C(=O)NC1=CNN=C(c2nc3ccc(N4CCN(C)CC4)cc3[nH]2)C1. The molecule has 0 unspecified atom stereocenters. The van der Waals surface area contributed by atoms with Crippen molar-refractivity contribution < 1.29 is 4.79 Å². The standard InChI is InChI=1S/C23H34N8O/c1-4-8-31(9-5-2)23(32)25-17-14-21(28-24-16-17)22-26-19-7-6-18(15-20(19)27-22)30-12-10-29(3)11-13-30/h6-7,15-16,24H,4-5,8-14H2,1-3H3,(H,25,32)(H,26,27). The Morgan fingerprint density at radius 3 is 2.62 bits per heavy atom. The van der Waals surface area contributed by atoms with Gasteiger partial charge in [-0.3, -0.25) is 5.43 Å². The van der Waals surface area contributed by atoms with Crippen molar-refractivity contribution in [2.75, 3.05) is 51.2 Å². The number of piperazine rings is 1. The molecule has 0 radical (unpaired) electrons. The number of nitrogens with zero attached hydrogens (tertiary/aromatic N) is 5. The lowest BCUT2D eigenvalue weighted by molar-refractivity contribution is 0.200. The van der Waals surface area contributed by atoms with E-state index < -0.39 is 0 Å².